The molecule has 0 saturated heterocycles. The molecule has 2 N–H and O–H groups in total. The maximum Gasteiger partial charge on any atom is 0.154 e. The number of aromatic nitrogens is 2. The van der Waals surface area contributed by atoms with E-state index in [4.69, 9.17) is 21.8 Å². The van der Waals surface area contributed by atoms with E-state index >= 15 is 0 Å². The molecule has 21 heavy (non-hydrogen) atoms. The molecule has 0 bridgehead atoms. The number of aryl methyl sites for hydroxylation is 1. The van der Waals surface area contributed by atoms with Gasteiger partial charge in [-0.1, -0.05) is 18.5 Å². The average Bonchev–Trinajstić information content (AvgIpc) is 2.85. The van der Waals surface area contributed by atoms with Crippen LogP contribution in [0.2, 0.25) is 5.02 Å². The largest absolute Gasteiger partial charge is 0.454 e. The predicted octanol–water partition coefficient (Wildman–Crippen LogP) is 4.39. The van der Waals surface area contributed by atoms with Crippen LogP contribution in [0.4, 0.5) is 5.82 Å². The average molecular weight is 302 g/mol. The lowest BCUT2D eigenvalue weighted by Gasteiger charge is -2.07. The molecular formula is C16H16ClN3O. The number of halogens is 1. The zero-order valence-corrected chi connectivity index (χ0v) is 12.7. The van der Waals surface area contributed by atoms with Gasteiger partial charge in [0.05, 0.1) is 0 Å². The van der Waals surface area contributed by atoms with Gasteiger partial charge in [0.15, 0.2) is 5.76 Å². The molecule has 0 spiro atoms. The summed E-state index contributed by atoms with van der Waals surface area (Å²) < 4.78 is 5.87. The quantitative estimate of drug-likeness (QED) is 0.779. The number of hydrogen-bond acceptors (Lipinski definition) is 4. The molecule has 3 aromatic rings. The van der Waals surface area contributed by atoms with E-state index in [2.05, 4.69) is 16.9 Å². The van der Waals surface area contributed by atoms with Gasteiger partial charge in [0.1, 0.15) is 22.9 Å². The molecule has 0 aliphatic heterocycles. The first-order chi connectivity index (χ1) is 10.1. The monoisotopic (exact) mass is 301 g/mol. The molecule has 0 aliphatic rings. The van der Waals surface area contributed by atoms with Gasteiger partial charge in [-0.2, -0.15) is 0 Å². The fourth-order valence-corrected chi connectivity index (χ4v) is 2.47. The Morgan fingerprint density at radius 3 is 2.81 bits per heavy atom. The van der Waals surface area contributed by atoms with Crippen LogP contribution >= 0.6 is 11.6 Å². The standard InChI is InChI=1S/C16H16ClN3O/c1-3-4-14-19-15(9(2)16(18)20-14)13-8-10-7-11(17)5-6-12(10)21-13/h5-8H,3-4H2,1-2H3,(H2,18,19,20). The van der Waals surface area contributed by atoms with Gasteiger partial charge in [-0.3, -0.25) is 0 Å². The van der Waals surface area contributed by atoms with Gasteiger partial charge in [-0.15, -0.1) is 0 Å². The summed E-state index contributed by atoms with van der Waals surface area (Å²) in [6, 6.07) is 7.47. The molecule has 4 nitrogen and oxygen atoms in total. The van der Waals surface area contributed by atoms with Gasteiger partial charge >= 0.3 is 0 Å². The molecule has 1 aromatic carbocycles. The summed E-state index contributed by atoms with van der Waals surface area (Å²) in [5.41, 5.74) is 8.36. The molecule has 0 atom stereocenters. The fourth-order valence-electron chi connectivity index (χ4n) is 2.29. The maximum absolute atomic E-state index is 6.01. The molecule has 5 heteroatoms. The van der Waals surface area contributed by atoms with Crippen LogP contribution in [-0.2, 0) is 6.42 Å². The number of rotatable bonds is 3. The van der Waals surface area contributed by atoms with Crippen molar-refractivity contribution in [3.05, 3.63) is 40.7 Å². The topological polar surface area (TPSA) is 64.9 Å². The van der Waals surface area contributed by atoms with Gasteiger partial charge in [-0.25, -0.2) is 9.97 Å². The Kier molecular flexibility index (Phi) is 3.55. The summed E-state index contributed by atoms with van der Waals surface area (Å²) in [4.78, 5) is 8.91. The molecule has 108 valence electrons. The van der Waals surface area contributed by atoms with E-state index in [9.17, 15) is 0 Å². The zero-order valence-electron chi connectivity index (χ0n) is 12.0. The molecule has 0 unspecified atom stereocenters. The van der Waals surface area contributed by atoms with Crippen LogP contribution in [0.3, 0.4) is 0 Å². The first-order valence-corrected chi connectivity index (χ1v) is 7.28. The second kappa shape index (κ2) is 5.37. The van der Waals surface area contributed by atoms with Gasteiger partial charge < -0.3 is 10.2 Å². The van der Waals surface area contributed by atoms with E-state index in [1.165, 1.54) is 0 Å². The number of nitrogens with two attached hydrogens (primary N) is 1. The van der Waals surface area contributed by atoms with Crippen molar-refractivity contribution in [3.63, 3.8) is 0 Å². The minimum absolute atomic E-state index is 0.502. The third-order valence-corrected chi connectivity index (χ3v) is 3.65. The zero-order chi connectivity index (χ0) is 15.0. The summed E-state index contributed by atoms with van der Waals surface area (Å²) in [5, 5.41) is 1.63. The molecular weight excluding hydrogens is 286 g/mol. The van der Waals surface area contributed by atoms with Crippen LogP contribution in [0.25, 0.3) is 22.4 Å². The minimum atomic E-state index is 0.502. The van der Waals surface area contributed by atoms with Crippen LogP contribution < -0.4 is 5.73 Å². The van der Waals surface area contributed by atoms with Crippen molar-refractivity contribution in [2.75, 3.05) is 5.73 Å². The van der Waals surface area contributed by atoms with Crippen LogP contribution in [0.15, 0.2) is 28.7 Å². The number of nitrogen functional groups attached to an aromatic ring is 1. The van der Waals surface area contributed by atoms with Gasteiger partial charge in [0.2, 0.25) is 0 Å². The molecule has 2 aromatic heterocycles. The Morgan fingerprint density at radius 1 is 1.24 bits per heavy atom. The SMILES string of the molecule is CCCc1nc(N)c(C)c(-c2cc3cc(Cl)ccc3o2)n1. The van der Waals surface area contributed by atoms with Crippen molar-refractivity contribution in [3.8, 4) is 11.5 Å². The van der Waals surface area contributed by atoms with Crippen molar-refractivity contribution in [2.24, 2.45) is 0 Å². The summed E-state index contributed by atoms with van der Waals surface area (Å²) in [6.07, 6.45) is 1.77. The van der Waals surface area contributed by atoms with E-state index < -0.39 is 0 Å². The Labute approximate surface area is 128 Å². The molecule has 0 saturated carbocycles. The first kappa shape index (κ1) is 13.9. The number of anilines is 1. The molecule has 2 heterocycles. The van der Waals surface area contributed by atoms with E-state index in [0.29, 0.717) is 16.6 Å². The number of fused-ring (bicyclic) bond motifs is 1. The summed E-state index contributed by atoms with van der Waals surface area (Å²) in [6.45, 7) is 3.99. The van der Waals surface area contributed by atoms with Gasteiger partial charge in [-0.05, 0) is 37.6 Å². The second-order valence-corrected chi connectivity index (χ2v) is 5.48. The Balaban J connectivity index is 2.16. The van der Waals surface area contributed by atoms with Gasteiger partial charge in [0.25, 0.3) is 0 Å². The predicted molar refractivity (Wildman–Crippen MR) is 85.4 cm³/mol. The molecule has 0 fully saturated rings. The van der Waals surface area contributed by atoms with E-state index in [1.807, 2.05) is 25.1 Å². The molecule has 3 rings (SSSR count). The first-order valence-electron chi connectivity index (χ1n) is 6.91. The highest BCUT2D eigenvalue weighted by molar-refractivity contribution is 6.31. The Morgan fingerprint density at radius 2 is 2.05 bits per heavy atom. The molecule has 0 aliphatic carbocycles. The van der Waals surface area contributed by atoms with Crippen molar-refractivity contribution >= 4 is 28.4 Å². The minimum Gasteiger partial charge on any atom is -0.454 e. The highest BCUT2D eigenvalue weighted by atomic mass is 35.5. The summed E-state index contributed by atoms with van der Waals surface area (Å²) in [5.74, 6) is 1.94. The fraction of sp³-hybridized carbons (Fsp3) is 0.250. The van der Waals surface area contributed by atoms with E-state index in [-0.39, 0.29) is 0 Å². The normalized spacial score (nSPS) is 11.2. The number of furan rings is 1. The number of benzene rings is 1. The Hall–Kier alpha value is -2.07. The summed E-state index contributed by atoms with van der Waals surface area (Å²) in [7, 11) is 0. The second-order valence-electron chi connectivity index (χ2n) is 5.04. The molecule has 0 amide bonds. The molecule has 0 radical (unpaired) electrons. The van der Waals surface area contributed by atoms with Gasteiger partial charge in [0, 0.05) is 22.4 Å². The van der Waals surface area contributed by atoms with Crippen LogP contribution in [0.5, 0.6) is 0 Å². The lowest BCUT2D eigenvalue weighted by molar-refractivity contribution is 0.626. The van der Waals surface area contributed by atoms with E-state index in [0.717, 1.165) is 40.9 Å². The third kappa shape index (κ3) is 2.59. The third-order valence-electron chi connectivity index (χ3n) is 3.42. The number of hydrogen-bond donors (Lipinski definition) is 1. The summed E-state index contributed by atoms with van der Waals surface area (Å²) >= 11 is 6.01. The number of nitrogens with zero attached hydrogens (tertiary/aromatic N) is 2. The Bertz CT molecular complexity index is 811. The lowest BCUT2D eigenvalue weighted by atomic mass is 10.1. The smallest absolute Gasteiger partial charge is 0.154 e. The van der Waals surface area contributed by atoms with Crippen LogP contribution in [-0.4, -0.2) is 9.97 Å². The van der Waals surface area contributed by atoms with Crippen molar-refractivity contribution in [2.45, 2.75) is 26.7 Å². The van der Waals surface area contributed by atoms with E-state index in [1.54, 1.807) is 6.07 Å². The van der Waals surface area contributed by atoms with Crippen molar-refractivity contribution in [1.29, 1.82) is 0 Å². The van der Waals surface area contributed by atoms with Crippen LogP contribution in [0.1, 0.15) is 24.7 Å². The van der Waals surface area contributed by atoms with Crippen LogP contribution in [0, 0.1) is 6.92 Å². The lowest BCUT2D eigenvalue weighted by Crippen LogP contribution is -2.04. The maximum atomic E-state index is 6.01. The van der Waals surface area contributed by atoms with Crippen molar-refractivity contribution in [1.82, 2.24) is 9.97 Å². The van der Waals surface area contributed by atoms with Crippen molar-refractivity contribution < 1.29 is 4.42 Å². The highest BCUT2D eigenvalue weighted by Crippen LogP contribution is 2.31. The highest BCUT2D eigenvalue weighted by Gasteiger charge is 2.14.